The Morgan fingerprint density at radius 3 is 2.78 bits per heavy atom. The predicted octanol–water partition coefficient (Wildman–Crippen LogP) is 3.15. The molecule has 2 N–H and O–H groups in total. The van der Waals surface area contributed by atoms with Crippen molar-refractivity contribution in [1.29, 1.82) is 0 Å². The molecule has 0 saturated carbocycles. The van der Waals surface area contributed by atoms with Gasteiger partial charge in [0.25, 0.3) is 0 Å². The molecule has 0 fully saturated rings. The first-order chi connectivity index (χ1) is 11.4. The molecule has 0 aliphatic carbocycles. The third kappa shape index (κ3) is 3.06. The summed E-state index contributed by atoms with van der Waals surface area (Å²) in [4.78, 5) is 0. The fourth-order valence-electron chi connectivity index (χ4n) is 2.47. The highest BCUT2D eigenvalue weighted by atomic mass is 16.4. The Hall–Kier alpha value is -3.15. The van der Waals surface area contributed by atoms with Crippen LogP contribution in [0.5, 0.6) is 0 Å². The van der Waals surface area contributed by atoms with Crippen LogP contribution in [0.15, 0.2) is 59.1 Å². The molecular weight excluding hydrogens is 290 g/mol. The minimum absolute atomic E-state index is 0.412. The van der Waals surface area contributed by atoms with Gasteiger partial charge in [0.15, 0.2) is 0 Å². The van der Waals surface area contributed by atoms with Gasteiger partial charge in [-0.3, -0.25) is 5.10 Å². The summed E-state index contributed by atoms with van der Waals surface area (Å²) < 4.78 is 5.63. The fourth-order valence-corrected chi connectivity index (χ4v) is 2.47. The predicted molar refractivity (Wildman–Crippen MR) is 87.0 cm³/mol. The van der Waals surface area contributed by atoms with Gasteiger partial charge in [0.05, 0.1) is 18.7 Å². The molecule has 4 aromatic rings. The second kappa shape index (κ2) is 5.92. The maximum Gasteiger partial charge on any atom is 0.315 e. The van der Waals surface area contributed by atoms with Gasteiger partial charge < -0.3 is 9.73 Å². The molecule has 2 heterocycles. The molecule has 0 aliphatic heterocycles. The summed E-state index contributed by atoms with van der Waals surface area (Å²) >= 11 is 0. The van der Waals surface area contributed by atoms with E-state index < -0.39 is 0 Å². The maximum atomic E-state index is 5.63. The van der Waals surface area contributed by atoms with Gasteiger partial charge in [-0.15, -0.1) is 5.10 Å². The van der Waals surface area contributed by atoms with Crippen LogP contribution in [-0.2, 0) is 13.0 Å². The largest absolute Gasteiger partial charge is 0.408 e. The first-order valence-corrected chi connectivity index (χ1v) is 7.39. The second-order valence-electron chi connectivity index (χ2n) is 5.29. The summed E-state index contributed by atoms with van der Waals surface area (Å²) in [5.41, 5.74) is 2.10. The van der Waals surface area contributed by atoms with E-state index in [0.29, 0.717) is 24.9 Å². The van der Waals surface area contributed by atoms with Crippen molar-refractivity contribution in [3.8, 4) is 0 Å². The SMILES string of the molecule is c1ccc2cc(Cc3nnc(NCc4ccn[nH]4)o3)ccc2c1. The average Bonchev–Trinajstić information content (AvgIpc) is 3.24. The summed E-state index contributed by atoms with van der Waals surface area (Å²) in [6.07, 6.45) is 2.32. The molecule has 0 radical (unpaired) electrons. The number of fused-ring (bicyclic) bond motifs is 1. The maximum absolute atomic E-state index is 5.63. The lowest BCUT2D eigenvalue weighted by Crippen LogP contribution is -1.99. The van der Waals surface area contributed by atoms with Gasteiger partial charge in [-0.25, -0.2) is 0 Å². The Morgan fingerprint density at radius 2 is 1.91 bits per heavy atom. The molecule has 0 unspecified atom stereocenters. The molecule has 0 aliphatic rings. The van der Waals surface area contributed by atoms with Crippen molar-refractivity contribution in [2.45, 2.75) is 13.0 Å². The number of hydrogen-bond acceptors (Lipinski definition) is 5. The van der Waals surface area contributed by atoms with Crippen molar-refractivity contribution in [2.75, 3.05) is 5.32 Å². The zero-order chi connectivity index (χ0) is 15.5. The van der Waals surface area contributed by atoms with Crippen LogP contribution < -0.4 is 5.32 Å². The molecule has 6 heteroatoms. The van der Waals surface area contributed by atoms with Crippen LogP contribution in [0.4, 0.5) is 6.01 Å². The third-order valence-electron chi connectivity index (χ3n) is 3.62. The quantitative estimate of drug-likeness (QED) is 0.592. The number of nitrogens with one attached hydrogen (secondary N) is 2. The summed E-state index contributed by atoms with van der Waals surface area (Å²) in [6, 6.07) is 16.9. The Morgan fingerprint density at radius 1 is 1.00 bits per heavy atom. The van der Waals surface area contributed by atoms with E-state index in [1.54, 1.807) is 6.20 Å². The van der Waals surface area contributed by atoms with Crippen LogP contribution in [0.1, 0.15) is 17.1 Å². The van der Waals surface area contributed by atoms with Gasteiger partial charge in [-0.1, -0.05) is 47.6 Å². The van der Waals surface area contributed by atoms with E-state index in [4.69, 9.17) is 4.42 Å². The average molecular weight is 305 g/mol. The number of anilines is 1. The number of aromatic nitrogens is 4. The zero-order valence-electron chi connectivity index (χ0n) is 12.4. The number of H-pyrrole nitrogens is 1. The van der Waals surface area contributed by atoms with E-state index in [0.717, 1.165) is 11.3 Å². The molecule has 2 aromatic heterocycles. The first kappa shape index (κ1) is 13.5. The molecule has 0 atom stereocenters. The third-order valence-corrected chi connectivity index (χ3v) is 3.62. The van der Waals surface area contributed by atoms with E-state index in [1.807, 2.05) is 18.2 Å². The summed E-state index contributed by atoms with van der Waals surface area (Å²) in [7, 11) is 0. The van der Waals surface area contributed by atoms with Crippen molar-refractivity contribution in [3.05, 3.63) is 71.9 Å². The van der Waals surface area contributed by atoms with Crippen LogP contribution in [0.3, 0.4) is 0 Å². The minimum Gasteiger partial charge on any atom is -0.408 e. The number of rotatable bonds is 5. The number of nitrogens with zero attached hydrogens (tertiary/aromatic N) is 3. The van der Waals surface area contributed by atoms with Gasteiger partial charge in [-0.2, -0.15) is 5.10 Å². The lowest BCUT2D eigenvalue weighted by Gasteiger charge is -2.01. The normalized spacial score (nSPS) is 11.0. The molecule has 23 heavy (non-hydrogen) atoms. The van der Waals surface area contributed by atoms with Crippen LogP contribution in [0.25, 0.3) is 10.8 Å². The smallest absolute Gasteiger partial charge is 0.315 e. The van der Waals surface area contributed by atoms with Crippen molar-refractivity contribution in [3.63, 3.8) is 0 Å². The first-order valence-electron chi connectivity index (χ1n) is 7.39. The Labute approximate surface area is 132 Å². The van der Waals surface area contributed by atoms with Gasteiger partial charge in [-0.05, 0) is 22.4 Å². The lowest BCUT2D eigenvalue weighted by molar-refractivity contribution is 0.516. The van der Waals surface area contributed by atoms with E-state index in [9.17, 15) is 0 Å². The van der Waals surface area contributed by atoms with Crippen LogP contribution >= 0.6 is 0 Å². The van der Waals surface area contributed by atoms with Crippen molar-refractivity contribution < 1.29 is 4.42 Å². The molecule has 0 bridgehead atoms. The highest BCUT2D eigenvalue weighted by Gasteiger charge is 2.07. The van der Waals surface area contributed by atoms with Gasteiger partial charge in [0, 0.05) is 6.20 Å². The van der Waals surface area contributed by atoms with Crippen LogP contribution in [0, 0.1) is 0 Å². The van der Waals surface area contributed by atoms with Crippen molar-refractivity contribution >= 4 is 16.8 Å². The number of benzene rings is 2. The summed E-state index contributed by atoms with van der Waals surface area (Å²) in [5.74, 6) is 0.590. The van der Waals surface area contributed by atoms with E-state index in [2.05, 4.69) is 56.0 Å². The fraction of sp³-hybridized carbons (Fsp3) is 0.118. The monoisotopic (exact) mass is 305 g/mol. The van der Waals surface area contributed by atoms with E-state index in [-0.39, 0.29) is 0 Å². The number of hydrogen-bond donors (Lipinski definition) is 2. The topological polar surface area (TPSA) is 79.6 Å². The molecule has 0 spiro atoms. The van der Waals surface area contributed by atoms with E-state index in [1.165, 1.54) is 10.8 Å². The Balaban J connectivity index is 1.45. The standard InChI is InChI=1S/C17H15N5O/c1-2-4-14-9-12(5-6-13(14)3-1)10-16-21-22-17(23-16)18-11-15-7-8-19-20-15/h1-9H,10-11H2,(H,18,22)(H,19,20). The molecule has 6 nitrogen and oxygen atoms in total. The highest BCUT2D eigenvalue weighted by Crippen LogP contribution is 2.18. The molecule has 2 aromatic carbocycles. The second-order valence-corrected chi connectivity index (χ2v) is 5.29. The van der Waals surface area contributed by atoms with E-state index >= 15 is 0 Å². The summed E-state index contributed by atoms with van der Waals surface area (Å²) in [6.45, 7) is 0.567. The van der Waals surface area contributed by atoms with Crippen LogP contribution in [0.2, 0.25) is 0 Å². The Kier molecular flexibility index (Phi) is 3.48. The highest BCUT2D eigenvalue weighted by molar-refractivity contribution is 5.83. The van der Waals surface area contributed by atoms with Gasteiger partial charge in [0.2, 0.25) is 5.89 Å². The minimum atomic E-state index is 0.412. The van der Waals surface area contributed by atoms with Crippen LogP contribution in [-0.4, -0.2) is 20.4 Å². The molecule has 114 valence electrons. The van der Waals surface area contributed by atoms with Crippen molar-refractivity contribution in [2.24, 2.45) is 0 Å². The van der Waals surface area contributed by atoms with Crippen molar-refractivity contribution in [1.82, 2.24) is 20.4 Å². The lowest BCUT2D eigenvalue weighted by atomic mass is 10.1. The summed E-state index contributed by atoms with van der Waals surface area (Å²) in [5, 5.41) is 20.4. The van der Waals surface area contributed by atoms with Gasteiger partial charge in [0.1, 0.15) is 0 Å². The molecule has 0 saturated heterocycles. The molecule has 4 rings (SSSR count). The Bertz CT molecular complexity index is 914. The van der Waals surface area contributed by atoms with Gasteiger partial charge >= 0.3 is 6.01 Å². The number of aromatic amines is 1. The molecular formula is C17H15N5O. The molecule has 0 amide bonds. The zero-order valence-corrected chi connectivity index (χ0v) is 12.4.